The van der Waals surface area contributed by atoms with Gasteiger partial charge in [-0.15, -0.1) is 0 Å². The average molecular weight is 299 g/mol. The second-order valence-electron chi connectivity index (χ2n) is 5.93. The molecule has 0 aliphatic heterocycles. The molecule has 1 aromatic carbocycles. The molecule has 3 nitrogen and oxygen atoms in total. The highest BCUT2D eigenvalue weighted by Gasteiger charge is 2.27. The molecule has 0 saturated heterocycles. The monoisotopic (exact) mass is 299 g/mol. The van der Waals surface area contributed by atoms with Gasteiger partial charge in [-0.1, -0.05) is 20.3 Å². The van der Waals surface area contributed by atoms with Gasteiger partial charge >= 0.3 is 0 Å². The van der Waals surface area contributed by atoms with Crippen molar-refractivity contribution in [3.8, 4) is 5.75 Å². The summed E-state index contributed by atoms with van der Waals surface area (Å²) in [6, 6.07) is 2.80. The maximum Gasteiger partial charge on any atom is 0.191 e. The Kier molecular flexibility index (Phi) is 5.53. The molecule has 5 heteroatoms. The molecule has 0 bridgehead atoms. The summed E-state index contributed by atoms with van der Waals surface area (Å²) in [4.78, 5) is 0. The number of benzene rings is 1. The molecule has 0 heterocycles. The lowest BCUT2D eigenvalue weighted by Crippen LogP contribution is -2.35. The molecule has 0 amide bonds. The minimum absolute atomic E-state index is 0.240. The van der Waals surface area contributed by atoms with Crippen LogP contribution in [0.2, 0.25) is 0 Å². The Labute approximate surface area is 124 Å². The Morgan fingerprint density at radius 2 is 1.86 bits per heavy atom. The molecule has 118 valence electrons. The van der Waals surface area contributed by atoms with E-state index >= 15 is 0 Å². The van der Waals surface area contributed by atoms with Crippen molar-refractivity contribution in [1.29, 1.82) is 0 Å². The fourth-order valence-electron chi connectivity index (χ4n) is 2.52. The van der Waals surface area contributed by atoms with Crippen LogP contribution in [0, 0.1) is 11.6 Å². The van der Waals surface area contributed by atoms with E-state index in [1.54, 1.807) is 0 Å². The molecule has 0 radical (unpaired) electrons. The van der Waals surface area contributed by atoms with Gasteiger partial charge in [0.1, 0.15) is 6.10 Å². The maximum atomic E-state index is 14.0. The molecule has 21 heavy (non-hydrogen) atoms. The van der Waals surface area contributed by atoms with Crippen molar-refractivity contribution in [3.63, 3.8) is 0 Å². The molecule has 1 saturated carbocycles. The van der Waals surface area contributed by atoms with Crippen molar-refractivity contribution in [2.45, 2.75) is 64.3 Å². The fourth-order valence-corrected chi connectivity index (χ4v) is 2.52. The molecule has 1 aromatic rings. The van der Waals surface area contributed by atoms with E-state index in [4.69, 9.17) is 4.74 Å². The third-order valence-electron chi connectivity index (χ3n) is 3.71. The number of nitrogens with one attached hydrogen (secondary N) is 1. The van der Waals surface area contributed by atoms with Crippen LogP contribution >= 0.6 is 0 Å². The summed E-state index contributed by atoms with van der Waals surface area (Å²) in [5.41, 5.74) is 0.537. The van der Waals surface area contributed by atoms with Crippen molar-refractivity contribution in [2.24, 2.45) is 0 Å². The number of ether oxygens (including phenoxy) is 1. The van der Waals surface area contributed by atoms with E-state index in [0.717, 1.165) is 12.8 Å². The van der Waals surface area contributed by atoms with Crippen molar-refractivity contribution >= 4 is 0 Å². The standard InChI is InChI=1S/C16H23F2NO2/c1-10(2)19-9-11-7-12(17)16(13(18)8-11)21-15-6-4-3-5-14(15)20/h7-8,10,14-15,19-20H,3-6,9H2,1-2H3. The molecule has 2 unspecified atom stereocenters. The van der Waals surface area contributed by atoms with Gasteiger partial charge in [0.25, 0.3) is 0 Å². The van der Waals surface area contributed by atoms with Crippen molar-refractivity contribution in [3.05, 3.63) is 29.3 Å². The van der Waals surface area contributed by atoms with Gasteiger partial charge in [-0.3, -0.25) is 0 Å². The van der Waals surface area contributed by atoms with Crippen molar-refractivity contribution in [1.82, 2.24) is 5.32 Å². The van der Waals surface area contributed by atoms with Crippen LogP contribution in [-0.4, -0.2) is 23.4 Å². The molecule has 0 spiro atoms. The Bertz CT molecular complexity index is 456. The van der Waals surface area contributed by atoms with Gasteiger partial charge in [0.2, 0.25) is 0 Å². The van der Waals surface area contributed by atoms with Gasteiger partial charge in [0.05, 0.1) is 6.10 Å². The number of hydrogen-bond acceptors (Lipinski definition) is 3. The van der Waals surface area contributed by atoms with Gasteiger partial charge in [-0.05, 0) is 37.0 Å². The highest BCUT2D eigenvalue weighted by molar-refractivity contribution is 5.31. The van der Waals surface area contributed by atoms with Crippen LogP contribution in [0.15, 0.2) is 12.1 Å². The maximum absolute atomic E-state index is 14.0. The average Bonchev–Trinajstić information content (AvgIpc) is 2.42. The number of halogens is 2. The van der Waals surface area contributed by atoms with Crippen LogP contribution in [0.4, 0.5) is 8.78 Å². The highest BCUT2D eigenvalue weighted by atomic mass is 19.1. The smallest absolute Gasteiger partial charge is 0.191 e. The zero-order valence-corrected chi connectivity index (χ0v) is 12.5. The van der Waals surface area contributed by atoms with Crippen LogP contribution in [0.5, 0.6) is 5.75 Å². The lowest BCUT2D eigenvalue weighted by atomic mass is 9.95. The molecule has 1 fully saturated rings. The minimum Gasteiger partial charge on any atom is -0.482 e. The zero-order valence-electron chi connectivity index (χ0n) is 12.5. The van der Waals surface area contributed by atoms with Crippen LogP contribution in [0.25, 0.3) is 0 Å². The van der Waals surface area contributed by atoms with E-state index < -0.39 is 23.8 Å². The van der Waals surface area contributed by atoms with Crippen molar-refractivity contribution < 1.29 is 18.6 Å². The van der Waals surface area contributed by atoms with Crippen LogP contribution in [0.3, 0.4) is 0 Å². The Morgan fingerprint density at radius 3 is 2.43 bits per heavy atom. The molecule has 0 aromatic heterocycles. The molecule has 2 N–H and O–H groups in total. The summed E-state index contributed by atoms with van der Waals surface area (Å²) in [6.45, 7) is 4.33. The van der Waals surface area contributed by atoms with Crippen molar-refractivity contribution in [2.75, 3.05) is 0 Å². The van der Waals surface area contributed by atoms with E-state index in [1.165, 1.54) is 12.1 Å². The van der Waals surface area contributed by atoms with Gasteiger partial charge < -0.3 is 15.2 Å². The lowest BCUT2D eigenvalue weighted by molar-refractivity contribution is 0.00295. The molecule has 1 aliphatic rings. The molecular formula is C16H23F2NO2. The molecule has 2 atom stereocenters. The number of hydrogen-bond donors (Lipinski definition) is 2. The van der Waals surface area contributed by atoms with Crippen LogP contribution < -0.4 is 10.1 Å². The summed E-state index contributed by atoms with van der Waals surface area (Å²) in [5.74, 6) is -1.81. The normalized spacial score (nSPS) is 22.6. The Morgan fingerprint density at radius 1 is 1.24 bits per heavy atom. The third kappa shape index (κ3) is 4.38. The highest BCUT2D eigenvalue weighted by Crippen LogP contribution is 2.29. The summed E-state index contributed by atoms with van der Waals surface area (Å²) in [7, 11) is 0. The largest absolute Gasteiger partial charge is 0.482 e. The lowest BCUT2D eigenvalue weighted by Gasteiger charge is -2.28. The Balaban J connectivity index is 2.09. The van der Waals surface area contributed by atoms with E-state index in [1.807, 2.05) is 13.8 Å². The summed E-state index contributed by atoms with van der Waals surface area (Å²) in [6.07, 6.45) is 1.89. The number of aliphatic hydroxyl groups is 1. The van der Waals surface area contributed by atoms with E-state index in [2.05, 4.69) is 5.32 Å². The summed E-state index contributed by atoms with van der Waals surface area (Å²) in [5, 5.41) is 12.9. The number of rotatable bonds is 5. The number of aliphatic hydroxyl groups excluding tert-OH is 1. The van der Waals surface area contributed by atoms with Crippen LogP contribution in [-0.2, 0) is 6.54 Å². The first kappa shape index (κ1) is 16.2. The first-order valence-electron chi connectivity index (χ1n) is 7.53. The second-order valence-corrected chi connectivity index (χ2v) is 5.93. The molecular weight excluding hydrogens is 276 g/mol. The van der Waals surface area contributed by atoms with Crippen LogP contribution in [0.1, 0.15) is 45.1 Å². The predicted octanol–water partition coefficient (Wildman–Crippen LogP) is 3.15. The Hall–Kier alpha value is -1.20. The van der Waals surface area contributed by atoms with Gasteiger partial charge in [-0.25, -0.2) is 8.78 Å². The quantitative estimate of drug-likeness (QED) is 0.877. The predicted molar refractivity (Wildman–Crippen MR) is 77.2 cm³/mol. The van der Waals surface area contributed by atoms with Gasteiger partial charge in [0, 0.05) is 12.6 Å². The van der Waals surface area contributed by atoms with Gasteiger partial charge in [0.15, 0.2) is 17.4 Å². The van der Waals surface area contributed by atoms with Gasteiger partial charge in [-0.2, -0.15) is 0 Å². The van der Waals surface area contributed by atoms with E-state index in [0.29, 0.717) is 24.9 Å². The topological polar surface area (TPSA) is 41.5 Å². The minimum atomic E-state index is -0.715. The third-order valence-corrected chi connectivity index (χ3v) is 3.71. The fraction of sp³-hybridized carbons (Fsp3) is 0.625. The molecule has 2 rings (SSSR count). The first-order valence-corrected chi connectivity index (χ1v) is 7.53. The summed E-state index contributed by atoms with van der Waals surface area (Å²) >= 11 is 0. The zero-order chi connectivity index (χ0) is 15.4. The SMILES string of the molecule is CC(C)NCc1cc(F)c(OC2CCCCC2O)c(F)c1. The van der Waals surface area contributed by atoms with E-state index in [-0.39, 0.29) is 11.8 Å². The summed E-state index contributed by atoms with van der Waals surface area (Å²) < 4.78 is 33.5. The first-order chi connectivity index (χ1) is 9.97. The molecule has 1 aliphatic carbocycles. The second kappa shape index (κ2) is 7.18. The van der Waals surface area contributed by atoms with E-state index in [9.17, 15) is 13.9 Å².